The Labute approximate surface area is 199 Å². The summed E-state index contributed by atoms with van der Waals surface area (Å²) in [5, 5.41) is 13.1. The van der Waals surface area contributed by atoms with Gasteiger partial charge in [-0.2, -0.15) is 0 Å². The van der Waals surface area contributed by atoms with Gasteiger partial charge in [-0.05, 0) is 36.4 Å². The number of halogens is 2. The summed E-state index contributed by atoms with van der Waals surface area (Å²) < 4.78 is 7.34. The van der Waals surface area contributed by atoms with Crippen molar-refractivity contribution >= 4 is 46.6 Å². The van der Waals surface area contributed by atoms with Gasteiger partial charge in [0, 0.05) is 0 Å². The Morgan fingerprint density at radius 3 is 2.41 bits per heavy atom. The van der Waals surface area contributed by atoms with E-state index in [1.165, 1.54) is 11.8 Å². The molecule has 0 aliphatic heterocycles. The average molecular weight is 485 g/mol. The molecule has 0 atom stereocenters. The molecule has 162 valence electrons. The van der Waals surface area contributed by atoms with Gasteiger partial charge in [-0.15, -0.1) is 10.2 Å². The van der Waals surface area contributed by atoms with Crippen molar-refractivity contribution in [1.29, 1.82) is 0 Å². The molecule has 0 spiro atoms. The maximum absolute atomic E-state index is 12.5. The number of benzene rings is 3. The third-order valence-corrected chi connectivity index (χ3v) is 6.13. The number of thioether (sulfide) groups is 1. The van der Waals surface area contributed by atoms with Crippen molar-refractivity contribution in [3.63, 3.8) is 0 Å². The number of amides is 1. The van der Waals surface area contributed by atoms with Crippen molar-refractivity contribution in [3.05, 3.63) is 82.8 Å². The van der Waals surface area contributed by atoms with Crippen molar-refractivity contribution in [2.45, 2.75) is 5.16 Å². The SMILES string of the molecule is COc1ccccc1-c1nnc(SCC(=O)Nc2ccccc2Cl)n1-c1ccccc1Cl. The second kappa shape index (κ2) is 10.1. The molecule has 1 N–H and O–H groups in total. The quantitative estimate of drug-likeness (QED) is 0.326. The Hall–Kier alpha value is -3.00. The lowest BCUT2D eigenvalue weighted by molar-refractivity contribution is -0.113. The summed E-state index contributed by atoms with van der Waals surface area (Å²) in [5.74, 6) is 1.11. The number of rotatable bonds is 7. The van der Waals surface area contributed by atoms with E-state index in [0.29, 0.717) is 38.2 Å². The van der Waals surface area contributed by atoms with Gasteiger partial charge in [-0.1, -0.05) is 71.4 Å². The van der Waals surface area contributed by atoms with Gasteiger partial charge in [0.15, 0.2) is 11.0 Å². The molecule has 0 radical (unpaired) electrons. The first-order valence-electron chi connectivity index (χ1n) is 9.59. The minimum Gasteiger partial charge on any atom is -0.496 e. The summed E-state index contributed by atoms with van der Waals surface area (Å²) in [6, 6.07) is 22.0. The third kappa shape index (κ3) is 4.75. The van der Waals surface area contributed by atoms with E-state index in [0.717, 1.165) is 5.56 Å². The zero-order valence-electron chi connectivity index (χ0n) is 17.0. The highest BCUT2D eigenvalue weighted by molar-refractivity contribution is 7.99. The van der Waals surface area contributed by atoms with Gasteiger partial charge in [0.2, 0.25) is 5.91 Å². The number of carbonyl (C=O) groups excluding carboxylic acids is 1. The normalized spacial score (nSPS) is 10.7. The summed E-state index contributed by atoms with van der Waals surface area (Å²) in [6.07, 6.45) is 0. The van der Waals surface area contributed by atoms with Crippen molar-refractivity contribution in [2.75, 3.05) is 18.2 Å². The van der Waals surface area contributed by atoms with E-state index in [2.05, 4.69) is 15.5 Å². The van der Waals surface area contributed by atoms with Crippen LogP contribution in [0.2, 0.25) is 10.0 Å². The van der Waals surface area contributed by atoms with Crippen LogP contribution in [0.1, 0.15) is 0 Å². The predicted octanol–water partition coefficient (Wildman–Crippen LogP) is 5.98. The molecule has 0 unspecified atom stereocenters. The number of anilines is 1. The largest absolute Gasteiger partial charge is 0.496 e. The molecule has 9 heteroatoms. The lowest BCUT2D eigenvalue weighted by Gasteiger charge is -2.13. The summed E-state index contributed by atoms with van der Waals surface area (Å²) >= 11 is 13.9. The average Bonchev–Trinajstić information content (AvgIpc) is 3.23. The monoisotopic (exact) mass is 484 g/mol. The van der Waals surface area contributed by atoms with E-state index in [4.69, 9.17) is 27.9 Å². The van der Waals surface area contributed by atoms with E-state index >= 15 is 0 Å². The van der Waals surface area contributed by atoms with E-state index in [1.807, 2.05) is 53.1 Å². The van der Waals surface area contributed by atoms with Gasteiger partial charge in [-0.25, -0.2) is 0 Å². The highest BCUT2D eigenvalue weighted by Gasteiger charge is 2.21. The molecule has 0 bridgehead atoms. The number of ether oxygens (including phenoxy) is 1. The van der Waals surface area contributed by atoms with E-state index in [9.17, 15) is 4.79 Å². The molecule has 0 aliphatic rings. The maximum Gasteiger partial charge on any atom is 0.234 e. The molecule has 4 aromatic rings. The van der Waals surface area contributed by atoms with E-state index in [1.54, 1.807) is 31.4 Å². The number of para-hydroxylation sites is 3. The van der Waals surface area contributed by atoms with Crippen molar-refractivity contribution in [2.24, 2.45) is 0 Å². The summed E-state index contributed by atoms with van der Waals surface area (Å²) in [4.78, 5) is 12.5. The number of hydrogen-bond donors (Lipinski definition) is 1. The Bertz CT molecular complexity index is 1260. The fraction of sp³-hybridized carbons (Fsp3) is 0.0870. The second-order valence-electron chi connectivity index (χ2n) is 6.61. The van der Waals surface area contributed by atoms with Crippen LogP contribution < -0.4 is 10.1 Å². The van der Waals surface area contributed by atoms with Crippen molar-refractivity contribution in [3.8, 4) is 22.8 Å². The zero-order chi connectivity index (χ0) is 22.5. The van der Waals surface area contributed by atoms with Gasteiger partial charge in [0.05, 0.1) is 39.8 Å². The second-order valence-corrected chi connectivity index (χ2v) is 8.37. The van der Waals surface area contributed by atoms with Crippen molar-refractivity contribution < 1.29 is 9.53 Å². The first kappa shape index (κ1) is 22.2. The number of methoxy groups -OCH3 is 1. The molecule has 1 amide bonds. The Morgan fingerprint density at radius 1 is 0.969 bits per heavy atom. The highest BCUT2D eigenvalue weighted by atomic mass is 35.5. The van der Waals surface area contributed by atoms with Crippen LogP contribution in [0.3, 0.4) is 0 Å². The van der Waals surface area contributed by atoms with Crippen LogP contribution in [0, 0.1) is 0 Å². The van der Waals surface area contributed by atoms with Crippen molar-refractivity contribution in [1.82, 2.24) is 14.8 Å². The molecule has 0 aliphatic carbocycles. The molecule has 0 fully saturated rings. The van der Waals surface area contributed by atoms with Gasteiger partial charge in [0.25, 0.3) is 0 Å². The highest BCUT2D eigenvalue weighted by Crippen LogP contribution is 2.35. The molecule has 4 rings (SSSR count). The van der Waals surface area contributed by atoms with Crippen LogP contribution >= 0.6 is 35.0 Å². The van der Waals surface area contributed by atoms with Crippen LogP contribution in [-0.4, -0.2) is 33.5 Å². The molecular weight excluding hydrogens is 467 g/mol. The minimum atomic E-state index is -0.212. The van der Waals surface area contributed by atoms with Gasteiger partial charge < -0.3 is 10.1 Å². The standard InChI is InChI=1S/C23H18Cl2N4O2S/c1-31-20-13-7-2-8-15(20)22-27-28-23(29(22)19-12-6-4-10-17(19)25)32-14-21(30)26-18-11-5-3-9-16(18)24/h2-13H,14H2,1H3,(H,26,30). The molecular formula is C23H18Cl2N4O2S. The number of nitrogens with zero attached hydrogens (tertiary/aromatic N) is 3. The van der Waals surface area contributed by atoms with Crippen LogP contribution in [0.15, 0.2) is 78.0 Å². The number of aromatic nitrogens is 3. The molecule has 1 heterocycles. The topological polar surface area (TPSA) is 69.0 Å². The van der Waals surface area contributed by atoms with E-state index < -0.39 is 0 Å². The first-order chi connectivity index (χ1) is 15.6. The lowest BCUT2D eigenvalue weighted by atomic mass is 10.2. The summed E-state index contributed by atoms with van der Waals surface area (Å²) in [7, 11) is 1.60. The van der Waals surface area contributed by atoms with E-state index in [-0.39, 0.29) is 11.7 Å². The number of carbonyl (C=O) groups is 1. The minimum absolute atomic E-state index is 0.111. The third-order valence-electron chi connectivity index (χ3n) is 4.55. The Kier molecular flexibility index (Phi) is 6.99. The fourth-order valence-electron chi connectivity index (χ4n) is 3.10. The molecule has 6 nitrogen and oxygen atoms in total. The molecule has 3 aromatic carbocycles. The first-order valence-corrected chi connectivity index (χ1v) is 11.3. The molecule has 32 heavy (non-hydrogen) atoms. The fourth-order valence-corrected chi connectivity index (χ4v) is 4.24. The van der Waals surface area contributed by atoms with Gasteiger partial charge >= 0.3 is 0 Å². The van der Waals surface area contributed by atoms with Crippen LogP contribution in [0.4, 0.5) is 5.69 Å². The number of nitrogens with one attached hydrogen (secondary N) is 1. The summed E-state index contributed by atoms with van der Waals surface area (Å²) in [5.41, 5.74) is 2.02. The van der Waals surface area contributed by atoms with Crippen LogP contribution in [-0.2, 0) is 4.79 Å². The zero-order valence-corrected chi connectivity index (χ0v) is 19.3. The smallest absolute Gasteiger partial charge is 0.234 e. The molecule has 1 aromatic heterocycles. The number of hydrogen-bond acceptors (Lipinski definition) is 5. The van der Waals surface area contributed by atoms with Crippen LogP contribution in [0.25, 0.3) is 17.1 Å². The molecule has 0 saturated heterocycles. The maximum atomic E-state index is 12.5. The lowest BCUT2D eigenvalue weighted by Crippen LogP contribution is -2.15. The van der Waals surface area contributed by atoms with Gasteiger partial charge in [-0.3, -0.25) is 9.36 Å². The Balaban J connectivity index is 1.67. The van der Waals surface area contributed by atoms with Crippen LogP contribution in [0.5, 0.6) is 5.75 Å². The Morgan fingerprint density at radius 2 is 1.66 bits per heavy atom. The summed E-state index contributed by atoms with van der Waals surface area (Å²) in [6.45, 7) is 0. The predicted molar refractivity (Wildman–Crippen MR) is 129 cm³/mol. The molecule has 0 saturated carbocycles. The van der Waals surface area contributed by atoms with Gasteiger partial charge in [0.1, 0.15) is 5.75 Å².